The van der Waals surface area contributed by atoms with Crippen molar-refractivity contribution in [1.82, 2.24) is 0 Å². The van der Waals surface area contributed by atoms with E-state index < -0.39 is 17.6 Å². The first-order chi connectivity index (χ1) is 7.16. The minimum absolute atomic E-state index is 0.580. The van der Waals surface area contributed by atoms with Gasteiger partial charge in [0.05, 0.1) is 0 Å². The predicted molar refractivity (Wildman–Crippen MR) is 76.7 cm³/mol. The molecule has 1 rings (SSSR count). The van der Waals surface area contributed by atoms with E-state index in [0.717, 1.165) is 11.8 Å². The molecule has 0 saturated carbocycles. The molecule has 1 aromatic carbocycles. The molecule has 1 N–H and O–H groups in total. The lowest BCUT2D eigenvalue weighted by atomic mass is 10.1. The highest BCUT2D eigenvalue weighted by Crippen LogP contribution is 2.44. The van der Waals surface area contributed by atoms with Crippen molar-refractivity contribution in [2.24, 2.45) is 0 Å². The van der Waals surface area contributed by atoms with Gasteiger partial charge in [0.1, 0.15) is 6.10 Å². The van der Waals surface area contributed by atoms with Gasteiger partial charge in [-0.05, 0) is 35.1 Å². The number of aliphatic hydroxyl groups excluding tert-OH is 1. The molecule has 0 aliphatic heterocycles. The smallest absolute Gasteiger partial charge is 0.206 e. The lowest BCUT2D eigenvalue weighted by Crippen LogP contribution is -2.31. The summed E-state index contributed by atoms with van der Waals surface area (Å²) >= 11 is 4.78. The largest absolute Gasteiger partial charge is 0.385 e. The third-order valence-electron chi connectivity index (χ3n) is 2.17. The second kappa shape index (κ2) is 4.91. The first kappa shape index (κ1) is 14.4. The normalized spacial score (nSPS) is 17.8. The Bertz CT molecular complexity index is 485. The summed E-state index contributed by atoms with van der Waals surface area (Å²) in [6.45, 7) is 1.89. The molecule has 0 heterocycles. The van der Waals surface area contributed by atoms with Gasteiger partial charge in [-0.2, -0.15) is 0 Å². The van der Waals surface area contributed by atoms with Crippen LogP contribution in [0.1, 0.15) is 17.2 Å². The summed E-state index contributed by atoms with van der Waals surface area (Å²) in [5.41, 5.74) is 1.56. The van der Waals surface area contributed by atoms with Crippen molar-refractivity contribution in [3.63, 3.8) is 0 Å². The fourth-order valence-electron chi connectivity index (χ4n) is 1.24. The van der Waals surface area contributed by atoms with Crippen LogP contribution in [0.5, 0.6) is 0 Å². The van der Waals surface area contributed by atoms with Crippen LogP contribution in [-0.4, -0.2) is 21.4 Å². The van der Waals surface area contributed by atoms with Gasteiger partial charge in [-0.15, -0.1) is 0 Å². The Morgan fingerprint density at radius 3 is 2.50 bits per heavy atom. The number of halogens is 2. The van der Waals surface area contributed by atoms with E-state index in [1.807, 2.05) is 13.0 Å². The van der Waals surface area contributed by atoms with Gasteiger partial charge in [0.15, 0.2) is 9.84 Å². The SMILES string of the molecule is Cc1cccc([C@@H](O)[C@@](Br)(I)S(C)(=O)=O)c1. The van der Waals surface area contributed by atoms with Gasteiger partial charge in [-0.3, -0.25) is 0 Å². The lowest BCUT2D eigenvalue weighted by molar-refractivity contribution is 0.191. The quantitative estimate of drug-likeness (QED) is 0.606. The molecule has 0 amide bonds. The number of sulfone groups is 1. The molecule has 6 heteroatoms. The van der Waals surface area contributed by atoms with E-state index in [4.69, 9.17) is 0 Å². The maximum absolute atomic E-state index is 11.5. The van der Waals surface area contributed by atoms with Crippen LogP contribution in [0.25, 0.3) is 0 Å². The third kappa shape index (κ3) is 2.96. The van der Waals surface area contributed by atoms with Gasteiger partial charge in [-0.1, -0.05) is 45.8 Å². The van der Waals surface area contributed by atoms with Crippen LogP contribution in [0.4, 0.5) is 0 Å². The van der Waals surface area contributed by atoms with Gasteiger partial charge in [0.2, 0.25) is 1.66 Å². The molecule has 2 atom stereocenters. The van der Waals surface area contributed by atoms with Crippen molar-refractivity contribution in [3.05, 3.63) is 35.4 Å². The van der Waals surface area contributed by atoms with E-state index in [1.54, 1.807) is 40.8 Å². The summed E-state index contributed by atoms with van der Waals surface area (Å²) in [5.74, 6) is 0. The fourth-order valence-corrected chi connectivity index (χ4v) is 2.40. The minimum atomic E-state index is -3.41. The van der Waals surface area contributed by atoms with Gasteiger partial charge in [0, 0.05) is 6.26 Å². The van der Waals surface area contributed by atoms with Gasteiger partial charge >= 0.3 is 0 Å². The Balaban J connectivity index is 3.17. The molecular formula is C10H12BrIO3S. The zero-order chi connectivity index (χ0) is 12.6. The molecule has 16 heavy (non-hydrogen) atoms. The van der Waals surface area contributed by atoms with Gasteiger partial charge in [-0.25, -0.2) is 8.42 Å². The predicted octanol–water partition coefficient (Wildman–Crippen LogP) is 2.56. The molecular weight excluding hydrogens is 407 g/mol. The van der Waals surface area contributed by atoms with E-state index in [-0.39, 0.29) is 0 Å². The molecule has 90 valence electrons. The molecule has 0 saturated heterocycles. The fraction of sp³-hybridized carbons (Fsp3) is 0.400. The van der Waals surface area contributed by atoms with Crippen molar-refractivity contribution in [1.29, 1.82) is 0 Å². The molecule has 0 fully saturated rings. The Labute approximate surface area is 117 Å². The van der Waals surface area contributed by atoms with Crippen LogP contribution in [-0.2, 0) is 9.84 Å². The molecule has 3 nitrogen and oxygen atoms in total. The highest BCUT2D eigenvalue weighted by molar-refractivity contribution is 14.1. The first-order valence-corrected chi connectivity index (χ1v) is 8.24. The summed E-state index contributed by atoms with van der Waals surface area (Å²) in [7, 11) is -3.41. The molecule has 0 radical (unpaired) electrons. The lowest BCUT2D eigenvalue weighted by Gasteiger charge is -2.25. The van der Waals surface area contributed by atoms with Crippen LogP contribution in [0.3, 0.4) is 0 Å². The van der Waals surface area contributed by atoms with Crippen LogP contribution in [0.15, 0.2) is 24.3 Å². The second-order valence-electron chi connectivity index (χ2n) is 3.65. The Kier molecular flexibility index (Phi) is 4.42. The molecule has 0 bridgehead atoms. The number of benzene rings is 1. The average Bonchev–Trinajstić information content (AvgIpc) is 2.14. The monoisotopic (exact) mass is 418 g/mol. The topological polar surface area (TPSA) is 54.4 Å². The highest BCUT2D eigenvalue weighted by Gasteiger charge is 2.43. The van der Waals surface area contributed by atoms with Crippen molar-refractivity contribution >= 4 is 48.4 Å². The van der Waals surface area contributed by atoms with Crippen LogP contribution in [0, 0.1) is 6.92 Å². The maximum atomic E-state index is 11.5. The van der Waals surface area contributed by atoms with Gasteiger partial charge < -0.3 is 5.11 Å². The number of aryl methyl sites for hydroxylation is 1. The van der Waals surface area contributed by atoms with E-state index in [9.17, 15) is 13.5 Å². The molecule has 0 aromatic heterocycles. The number of hydrogen-bond acceptors (Lipinski definition) is 3. The molecule has 0 aliphatic carbocycles. The Hall–Kier alpha value is 0.340. The zero-order valence-corrected chi connectivity index (χ0v) is 13.4. The second-order valence-corrected chi connectivity index (χ2v) is 11.5. The van der Waals surface area contributed by atoms with Crippen molar-refractivity contribution in [3.8, 4) is 0 Å². The molecule has 0 aliphatic rings. The average molecular weight is 419 g/mol. The Morgan fingerprint density at radius 1 is 1.50 bits per heavy atom. The summed E-state index contributed by atoms with van der Waals surface area (Å²) in [4.78, 5) is 0. The maximum Gasteiger partial charge on any atom is 0.206 e. The summed E-state index contributed by atoms with van der Waals surface area (Å²) in [6.07, 6.45) is -0.0179. The van der Waals surface area contributed by atoms with Crippen LogP contribution < -0.4 is 0 Å². The van der Waals surface area contributed by atoms with E-state index in [0.29, 0.717) is 5.56 Å². The highest BCUT2D eigenvalue weighted by atomic mass is 127. The summed E-state index contributed by atoms with van der Waals surface area (Å²) in [6, 6.07) is 7.15. The third-order valence-corrected chi connectivity index (χ3v) is 8.57. The standard InChI is InChI=1S/C10H12BrIO3S/c1-7-4-3-5-8(6-7)9(13)10(11,12)16(2,14)15/h3-6,9,13H,1-2H3/t9-,10-/m1/s1. The minimum Gasteiger partial charge on any atom is -0.385 e. The summed E-state index contributed by atoms with van der Waals surface area (Å²) in [5, 5.41) is 10.1. The van der Waals surface area contributed by atoms with Crippen molar-refractivity contribution in [2.75, 3.05) is 6.26 Å². The molecule has 0 spiro atoms. The molecule has 1 aromatic rings. The number of hydrogen-bond donors (Lipinski definition) is 1. The van der Waals surface area contributed by atoms with Crippen LogP contribution >= 0.6 is 38.5 Å². The summed E-state index contributed by atoms with van der Waals surface area (Å²) < 4.78 is 21.7. The first-order valence-electron chi connectivity index (χ1n) is 4.48. The molecule has 0 unspecified atom stereocenters. The Morgan fingerprint density at radius 2 is 2.06 bits per heavy atom. The zero-order valence-electron chi connectivity index (χ0n) is 8.81. The number of rotatable bonds is 3. The number of aliphatic hydroxyl groups is 1. The van der Waals surface area contributed by atoms with Gasteiger partial charge in [0.25, 0.3) is 0 Å². The van der Waals surface area contributed by atoms with Crippen molar-refractivity contribution < 1.29 is 13.5 Å². The number of alkyl halides is 2. The van der Waals surface area contributed by atoms with Crippen LogP contribution in [0.2, 0.25) is 0 Å². The van der Waals surface area contributed by atoms with E-state index >= 15 is 0 Å². The van der Waals surface area contributed by atoms with E-state index in [2.05, 4.69) is 15.9 Å². The van der Waals surface area contributed by atoms with E-state index in [1.165, 1.54) is 0 Å². The van der Waals surface area contributed by atoms with Crippen molar-refractivity contribution in [2.45, 2.75) is 14.7 Å².